The molecular weight excluding hydrogens is 310 g/mol. The van der Waals surface area contributed by atoms with Gasteiger partial charge in [0.15, 0.2) is 0 Å². The predicted octanol–water partition coefficient (Wildman–Crippen LogP) is 5.95. The Bertz CT molecular complexity index is 369. The zero-order valence-corrected chi connectivity index (χ0v) is 18.3. The maximum absolute atomic E-state index is 12.3. The second-order valence-electron chi connectivity index (χ2n) is 10.3. The van der Waals surface area contributed by atoms with Crippen LogP contribution in [0.2, 0.25) is 0 Å². The van der Waals surface area contributed by atoms with Gasteiger partial charge in [0.05, 0.1) is 0 Å². The molecule has 0 fully saturated rings. The summed E-state index contributed by atoms with van der Waals surface area (Å²) in [5.74, 6) is 0.975. The van der Waals surface area contributed by atoms with Gasteiger partial charge in [-0.1, -0.05) is 61.8 Å². The normalized spacial score (nSPS) is 15.3. The fraction of sp³-hybridized carbons (Fsp3) is 0.955. The molecule has 0 aromatic rings. The van der Waals surface area contributed by atoms with Crippen LogP contribution in [0.3, 0.4) is 0 Å². The molecule has 0 saturated heterocycles. The van der Waals surface area contributed by atoms with Crippen molar-refractivity contribution >= 4 is 5.97 Å². The number of esters is 1. The van der Waals surface area contributed by atoms with Crippen LogP contribution >= 0.6 is 0 Å². The molecule has 2 N–H and O–H groups in total. The summed E-state index contributed by atoms with van der Waals surface area (Å²) >= 11 is 0. The molecule has 0 aliphatic heterocycles. The molecule has 25 heavy (non-hydrogen) atoms. The van der Waals surface area contributed by atoms with Gasteiger partial charge in [-0.25, -0.2) is 0 Å². The maximum Gasteiger partial charge on any atom is 0.306 e. The Labute approximate surface area is 157 Å². The van der Waals surface area contributed by atoms with Gasteiger partial charge in [0, 0.05) is 6.42 Å². The topological polar surface area (TPSA) is 52.3 Å². The van der Waals surface area contributed by atoms with Crippen LogP contribution in [0, 0.1) is 22.7 Å². The van der Waals surface area contributed by atoms with Crippen molar-refractivity contribution in [3.63, 3.8) is 0 Å². The minimum Gasteiger partial charge on any atom is -0.462 e. The largest absolute Gasteiger partial charge is 0.462 e. The molecule has 0 aromatic carbocycles. The summed E-state index contributed by atoms with van der Waals surface area (Å²) in [5, 5.41) is 0. The highest BCUT2D eigenvalue weighted by atomic mass is 16.5. The Balaban J connectivity index is 4.83. The molecule has 0 aromatic heterocycles. The molecular formula is C22H45NO2. The van der Waals surface area contributed by atoms with Crippen LogP contribution in [0.5, 0.6) is 0 Å². The van der Waals surface area contributed by atoms with Crippen LogP contribution in [0.15, 0.2) is 0 Å². The van der Waals surface area contributed by atoms with E-state index < -0.39 is 0 Å². The monoisotopic (exact) mass is 355 g/mol. The van der Waals surface area contributed by atoms with Crippen LogP contribution in [-0.4, -0.2) is 18.6 Å². The number of nitrogens with two attached hydrogens (primary N) is 1. The molecule has 3 nitrogen and oxygen atoms in total. The van der Waals surface area contributed by atoms with Crippen LogP contribution in [0.25, 0.3) is 0 Å². The first-order chi connectivity index (χ1) is 11.4. The van der Waals surface area contributed by atoms with Crippen molar-refractivity contribution < 1.29 is 9.53 Å². The van der Waals surface area contributed by atoms with Gasteiger partial charge < -0.3 is 10.5 Å². The van der Waals surface area contributed by atoms with E-state index in [1.807, 2.05) is 0 Å². The van der Waals surface area contributed by atoms with E-state index in [0.717, 1.165) is 38.5 Å². The summed E-state index contributed by atoms with van der Waals surface area (Å²) in [7, 11) is 0. The molecule has 3 heteroatoms. The lowest BCUT2D eigenvalue weighted by Crippen LogP contribution is -2.33. The molecule has 0 heterocycles. The lowest BCUT2D eigenvalue weighted by molar-refractivity contribution is -0.154. The minimum atomic E-state index is -0.0378. The fourth-order valence-corrected chi connectivity index (χ4v) is 4.13. The molecule has 0 amide bonds. The average molecular weight is 356 g/mol. The zero-order chi connectivity index (χ0) is 19.7. The molecule has 0 saturated carbocycles. The van der Waals surface area contributed by atoms with E-state index in [2.05, 4.69) is 55.4 Å². The molecule has 2 atom stereocenters. The zero-order valence-electron chi connectivity index (χ0n) is 18.3. The third-order valence-corrected chi connectivity index (χ3v) is 4.61. The first-order valence-electron chi connectivity index (χ1n) is 10.3. The lowest BCUT2D eigenvalue weighted by atomic mass is 9.72. The van der Waals surface area contributed by atoms with Crippen molar-refractivity contribution in [2.75, 3.05) is 6.54 Å². The van der Waals surface area contributed by atoms with Gasteiger partial charge >= 0.3 is 5.97 Å². The number of unbranched alkanes of at least 4 members (excludes halogenated alkanes) is 2. The van der Waals surface area contributed by atoms with Gasteiger partial charge in [-0.15, -0.1) is 0 Å². The Morgan fingerprint density at radius 3 is 2.08 bits per heavy atom. The second kappa shape index (κ2) is 11.2. The number of ether oxygens (including phenoxy) is 1. The van der Waals surface area contributed by atoms with Crippen LogP contribution in [-0.2, 0) is 9.53 Å². The molecule has 2 unspecified atom stereocenters. The summed E-state index contributed by atoms with van der Waals surface area (Å²) in [4.78, 5) is 12.3. The van der Waals surface area contributed by atoms with Crippen LogP contribution < -0.4 is 5.73 Å². The van der Waals surface area contributed by atoms with E-state index in [-0.39, 0.29) is 22.9 Å². The maximum atomic E-state index is 12.3. The standard InChI is InChI=1S/C22H45NO2/c1-17(2)14-18(3)19(15-22(7,8)16-21(4,5)6)25-20(24)12-10-9-11-13-23/h17-19H,9-16,23H2,1-8H3. The third kappa shape index (κ3) is 13.3. The van der Waals surface area contributed by atoms with Gasteiger partial charge in [-0.05, 0) is 61.3 Å². The van der Waals surface area contributed by atoms with Gasteiger partial charge in [0.1, 0.15) is 6.10 Å². The van der Waals surface area contributed by atoms with E-state index >= 15 is 0 Å². The van der Waals surface area contributed by atoms with Gasteiger partial charge in [0.25, 0.3) is 0 Å². The number of carbonyl (C=O) groups excluding carboxylic acids is 1. The van der Waals surface area contributed by atoms with Gasteiger partial charge in [0.2, 0.25) is 0 Å². The summed E-state index contributed by atoms with van der Waals surface area (Å²) in [5.41, 5.74) is 5.96. The van der Waals surface area contributed by atoms with E-state index in [1.165, 1.54) is 0 Å². The van der Waals surface area contributed by atoms with Crippen molar-refractivity contribution in [1.82, 2.24) is 0 Å². The summed E-state index contributed by atoms with van der Waals surface area (Å²) in [6.45, 7) is 18.9. The summed E-state index contributed by atoms with van der Waals surface area (Å²) in [6.07, 6.45) is 6.56. The molecule has 150 valence electrons. The van der Waals surface area contributed by atoms with E-state index in [1.54, 1.807) is 0 Å². The highest BCUT2D eigenvalue weighted by molar-refractivity contribution is 5.69. The molecule has 0 rings (SSSR count). The quantitative estimate of drug-likeness (QED) is 0.347. The van der Waals surface area contributed by atoms with Crippen LogP contribution in [0.4, 0.5) is 0 Å². The number of rotatable bonds is 12. The van der Waals surface area contributed by atoms with Crippen LogP contribution in [0.1, 0.15) is 100 Å². The summed E-state index contributed by atoms with van der Waals surface area (Å²) in [6, 6.07) is 0. The highest BCUT2D eigenvalue weighted by Crippen LogP contribution is 2.39. The van der Waals surface area contributed by atoms with E-state index in [0.29, 0.717) is 24.8 Å². The molecule has 0 aliphatic rings. The summed E-state index contributed by atoms with van der Waals surface area (Å²) < 4.78 is 5.97. The third-order valence-electron chi connectivity index (χ3n) is 4.61. The minimum absolute atomic E-state index is 0.0155. The Morgan fingerprint density at radius 2 is 1.60 bits per heavy atom. The molecule has 0 spiro atoms. The highest BCUT2D eigenvalue weighted by Gasteiger charge is 2.32. The average Bonchev–Trinajstić information content (AvgIpc) is 2.39. The van der Waals surface area contributed by atoms with Crippen molar-refractivity contribution in [1.29, 1.82) is 0 Å². The Kier molecular flexibility index (Phi) is 11.0. The fourth-order valence-electron chi connectivity index (χ4n) is 4.13. The first kappa shape index (κ1) is 24.4. The smallest absolute Gasteiger partial charge is 0.306 e. The van der Waals surface area contributed by atoms with E-state index in [4.69, 9.17) is 10.5 Å². The predicted molar refractivity (Wildman–Crippen MR) is 108 cm³/mol. The first-order valence-corrected chi connectivity index (χ1v) is 10.3. The van der Waals surface area contributed by atoms with Crippen molar-refractivity contribution in [2.45, 2.75) is 106 Å². The van der Waals surface area contributed by atoms with Crippen molar-refractivity contribution in [3.05, 3.63) is 0 Å². The van der Waals surface area contributed by atoms with E-state index in [9.17, 15) is 4.79 Å². The SMILES string of the molecule is CC(C)CC(C)C(CC(C)(C)CC(C)(C)C)OC(=O)CCCCCN. The molecule has 0 aliphatic carbocycles. The molecule has 0 radical (unpaired) electrons. The lowest BCUT2D eigenvalue weighted by Gasteiger charge is -2.37. The molecule has 0 bridgehead atoms. The Hall–Kier alpha value is -0.570. The van der Waals surface area contributed by atoms with Gasteiger partial charge in [-0.3, -0.25) is 4.79 Å². The van der Waals surface area contributed by atoms with Crippen molar-refractivity contribution in [2.24, 2.45) is 28.4 Å². The number of carbonyl (C=O) groups is 1. The second-order valence-corrected chi connectivity index (χ2v) is 10.3. The van der Waals surface area contributed by atoms with Gasteiger partial charge in [-0.2, -0.15) is 0 Å². The number of hydrogen-bond acceptors (Lipinski definition) is 3. The Morgan fingerprint density at radius 1 is 1.00 bits per heavy atom. The number of hydrogen-bond donors (Lipinski definition) is 1. The van der Waals surface area contributed by atoms with Crippen molar-refractivity contribution in [3.8, 4) is 0 Å².